The zero-order valence-corrected chi connectivity index (χ0v) is 11.8. The fourth-order valence-corrected chi connectivity index (χ4v) is 2.60. The zero-order valence-electron chi connectivity index (χ0n) is 11.8. The molecule has 110 valence electrons. The molecule has 1 aliphatic heterocycles. The number of aromatic nitrogens is 1. The number of ether oxygens (including phenoxy) is 1. The van der Waals surface area contributed by atoms with Crippen molar-refractivity contribution in [2.75, 3.05) is 12.0 Å². The fourth-order valence-electron chi connectivity index (χ4n) is 2.60. The van der Waals surface area contributed by atoms with Crippen molar-refractivity contribution in [2.45, 2.75) is 25.5 Å². The van der Waals surface area contributed by atoms with Crippen LogP contribution in [0.25, 0.3) is 10.9 Å². The summed E-state index contributed by atoms with van der Waals surface area (Å²) in [6, 6.07) is 9.21. The largest absolute Gasteiger partial charge is 0.376 e. The Hall–Kier alpha value is -2.18. The number of carbonyl (C=O) groups excluding carboxylic acids is 1. The van der Waals surface area contributed by atoms with Gasteiger partial charge in [0.05, 0.1) is 23.2 Å². The number of nitrogens with one attached hydrogen (secondary N) is 2. The van der Waals surface area contributed by atoms with Crippen molar-refractivity contribution in [1.82, 2.24) is 10.3 Å². The van der Waals surface area contributed by atoms with Crippen LogP contribution in [0.4, 0.5) is 5.82 Å². The maximum absolute atomic E-state index is 12.6. The number of hydrogen-bond acceptors (Lipinski definition) is 5. The van der Waals surface area contributed by atoms with E-state index in [4.69, 9.17) is 10.6 Å². The highest BCUT2D eigenvalue weighted by Crippen LogP contribution is 2.21. The molecule has 0 saturated carbocycles. The average molecular weight is 286 g/mol. The van der Waals surface area contributed by atoms with E-state index in [-0.39, 0.29) is 18.1 Å². The number of nitrogen functional groups attached to an aromatic ring is 1. The number of amides is 1. The van der Waals surface area contributed by atoms with Crippen molar-refractivity contribution in [3.8, 4) is 0 Å². The molecule has 2 heterocycles. The molecule has 0 spiro atoms. The Kier molecular flexibility index (Phi) is 3.72. The van der Waals surface area contributed by atoms with Crippen LogP contribution in [0.1, 0.15) is 23.7 Å². The van der Waals surface area contributed by atoms with Crippen LogP contribution in [0, 0.1) is 0 Å². The molecule has 6 heteroatoms. The van der Waals surface area contributed by atoms with Gasteiger partial charge < -0.3 is 15.5 Å². The van der Waals surface area contributed by atoms with E-state index in [0.717, 1.165) is 17.3 Å². The Morgan fingerprint density at radius 2 is 2.24 bits per heavy atom. The molecule has 0 aliphatic carbocycles. The lowest BCUT2D eigenvalue weighted by Gasteiger charge is -2.17. The average Bonchev–Trinajstić information content (AvgIpc) is 2.91. The molecule has 1 aliphatic rings. The molecular weight excluding hydrogens is 268 g/mol. The van der Waals surface area contributed by atoms with Crippen molar-refractivity contribution in [1.29, 1.82) is 0 Å². The summed E-state index contributed by atoms with van der Waals surface area (Å²) in [6.07, 6.45) is 0.868. The third-order valence-corrected chi connectivity index (χ3v) is 3.80. The molecule has 0 radical (unpaired) electrons. The third-order valence-electron chi connectivity index (χ3n) is 3.80. The molecule has 1 aromatic heterocycles. The Morgan fingerprint density at radius 1 is 1.43 bits per heavy atom. The minimum absolute atomic E-state index is 0.0363. The van der Waals surface area contributed by atoms with Crippen molar-refractivity contribution < 1.29 is 9.53 Å². The lowest BCUT2D eigenvalue weighted by Crippen LogP contribution is -2.39. The Morgan fingerprint density at radius 3 is 2.95 bits per heavy atom. The van der Waals surface area contributed by atoms with Gasteiger partial charge in [0.2, 0.25) is 0 Å². The van der Waals surface area contributed by atoms with Gasteiger partial charge in [-0.15, -0.1) is 0 Å². The van der Waals surface area contributed by atoms with Crippen LogP contribution >= 0.6 is 0 Å². The van der Waals surface area contributed by atoms with Crippen LogP contribution in [-0.2, 0) is 4.74 Å². The number of pyridine rings is 1. The van der Waals surface area contributed by atoms with Gasteiger partial charge in [0, 0.05) is 12.0 Å². The second-order valence-electron chi connectivity index (χ2n) is 5.16. The minimum Gasteiger partial charge on any atom is -0.376 e. The monoisotopic (exact) mass is 286 g/mol. The van der Waals surface area contributed by atoms with Gasteiger partial charge in [0.15, 0.2) is 0 Å². The molecule has 2 unspecified atom stereocenters. The highest BCUT2D eigenvalue weighted by molar-refractivity contribution is 6.07. The van der Waals surface area contributed by atoms with E-state index >= 15 is 0 Å². The molecule has 1 amide bonds. The van der Waals surface area contributed by atoms with Gasteiger partial charge in [0.25, 0.3) is 5.91 Å². The molecule has 1 fully saturated rings. The molecule has 4 N–H and O–H groups in total. The predicted molar refractivity (Wildman–Crippen MR) is 80.8 cm³/mol. The summed E-state index contributed by atoms with van der Waals surface area (Å²) in [7, 11) is 0. The number of carbonyl (C=O) groups is 1. The normalized spacial score (nSPS) is 21.4. The number of nitrogens with zero attached hydrogens (tertiary/aromatic N) is 1. The molecule has 1 aromatic carbocycles. The maximum atomic E-state index is 12.6. The maximum Gasteiger partial charge on any atom is 0.252 e. The molecule has 6 nitrogen and oxygen atoms in total. The van der Waals surface area contributed by atoms with Crippen molar-refractivity contribution in [2.24, 2.45) is 5.84 Å². The van der Waals surface area contributed by atoms with Gasteiger partial charge >= 0.3 is 0 Å². The van der Waals surface area contributed by atoms with E-state index in [0.29, 0.717) is 18.0 Å². The second kappa shape index (κ2) is 5.67. The van der Waals surface area contributed by atoms with Gasteiger partial charge in [-0.1, -0.05) is 18.2 Å². The van der Waals surface area contributed by atoms with Crippen molar-refractivity contribution >= 4 is 22.6 Å². The van der Waals surface area contributed by atoms with Gasteiger partial charge in [-0.05, 0) is 25.5 Å². The molecular formula is C15H18N4O2. The summed E-state index contributed by atoms with van der Waals surface area (Å²) in [5, 5.41) is 3.83. The summed E-state index contributed by atoms with van der Waals surface area (Å²) in [4.78, 5) is 16.9. The van der Waals surface area contributed by atoms with Crippen LogP contribution in [0.2, 0.25) is 0 Å². The first-order valence-corrected chi connectivity index (χ1v) is 6.98. The van der Waals surface area contributed by atoms with Crippen LogP contribution in [0.5, 0.6) is 0 Å². The lowest BCUT2D eigenvalue weighted by atomic mass is 10.1. The van der Waals surface area contributed by atoms with Gasteiger partial charge in [-0.3, -0.25) is 4.79 Å². The van der Waals surface area contributed by atoms with Gasteiger partial charge in [-0.25, -0.2) is 10.8 Å². The molecule has 2 atom stereocenters. The third kappa shape index (κ3) is 2.68. The van der Waals surface area contributed by atoms with E-state index in [9.17, 15) is 4.79 Å². The number of nitrogens with two attached hydrogens (primary N) is 1. The Bertz CT molecular complexity index is 674. The minimum atomic E-state index is -0.132. The highest BCUT2D eigenvalue weighted by Gasteiger charge is 2.26. The first-order valence-electron chi connectivity index (χ1n) is 6.98. The summed E-state index contributed by atoms with van der Waals surface area (Å²) in [5.74, 6) is 5.77. The summed E-state index contributed by atoms with van der Waals surface area (Å²) < 4.78 is 5.48. The van der Waals surface area contributed by atoms with E-state index in [1.165, 1.54) is 0 Å². The number of benzene rings is 1. The molecule has 0 bridgehead atoms. The van der Waals surface area contributed by atoms with E-state index in [2.05, 4.69) is 15.7 Å². The first-order chi connectivity index (χ1) is 10.2. The van der Waals surface area contributed by atoms with Crippen LogP contribution in [0.15, 0.2) is 30.3 Å². The van der Waals surface area contributed by atoms with Crippen LogP contribution < -0.4 is 16.6 Å². The Balaban J connectivity index is 1.96. The van der Waals surface area contributed by atoms with Crippen LogP contribution in [-0.4, -0.2) is 29.6 Å². The Labute approximate surface area is 122 Å². The summed E-state index contributed by atoms with van der Waals surface area (Å²) in [6.45, 7) is 2.65. The standard InChI is InChI=1S/C15H18N4O2/c1-9-12(6-7-21-9)18-15(20)11-8-14(19-16)17-13-5-3-2-4-10(11)13/h2-5,8-9,12H,6-7,16H2,1H3,(H,17,19)(H,18,20). The quantitative estimate of drug-likeness (QED) is 0.586. The highest BCUT2D eigenvalue weighted by atomic mass is 16.5. The second-order valence-corrected chi connectivity index (χ2v) is 5.16. The fraction of sp³-hybridized carbons (Fsp3) is 0.333. The zero-order chi connectivity index (χ0) is 14.8. The molecule has 2 aromatic rings. The van der Waals surface area contributed by atoms with Gasteiger partial charge in [0.1, 0.15) is 5.82 Å². The summed E-state index contributed by atoms with van der Waals surface area (Å²) >= 11 is 0. The van der Waals surface area contributed by atoms with E-state index < -0.39 is 0 Å². The molecule has 1 saturated heterocycles. The number of rotatable bonds is 3. The van der Waals surface area contributed by atoms with Crippen molar-refractivity contribution in [3.05, 3.63) is 35.9 Å². The lowest BCUT2D eigenvalue weighted by molar-refractivity contribution is 0.0867. The first kappa shape index (κ1) is 13.8. The SMILES string of the molecule is CC1OCCC1NC(=O)c1cc(NN)nc2ccccc12. The smallest absolute Gasteiger partial charge is 0.252 e. The number of anilines is 1. The molecule has 21 heavy (non-hydrogen) atoms. The van der Waals surface area contributed by atoms with E-state index in [1.54, 1.807) is 6.07 Å². The van der Waals surface area contributed by atoms with Crippen LogP contribution in [0.3, 0.4) is 0 Å². The number of para-hydroxylation sites is 1. The number of hydrogen-bond donors (Lipinski definition) is 3. The molecule has 3 rings (SSSR count). The topological polar surface area (TPSA) is 89.3 Å². The number of fused-ring (bicyclic) bond motifs is 1. The number of hydrazine groups is 1. The van der Waals surface area contributed by atoms with Gasteiger partial charge in [-0.2, -0.15) is 0 Å². The van der Waals surface area contributed by atoms with Crippen molar-refractivity contribution in [3.63, 3.8) is 0 Å². The van der Waals surface area contributed by atoms with E-state index in [1.807, 2.05) is 31.2 Å². The predicted octanol–water partition coefficient (Wildman–Crippen LogP) is 1.43. The summed E-state index contributed by atoms with van der Waals surface area (Å²) in [5.41, 5.74) is 3.79.